The number of benzene rings is 1. The Labute approximate surface area is 216 Å². The number of pyridine rings is 1. The molecule has 2 aliphatic rings. The van der Waals surface area contributed by atoms with Gasteiger partial charge in [-0.3, -0.25) is 0 Å². The lowest BCUT2D eigenvalue weighted by atomic mass is 10.0. The Balaban J connectivity index is 1.27. The summed E-state index contributed by atoms with van der Waals surface area (Å²) in [4.78, 5) is 13.9. The molecular formula is C26H28FN7O2S. The maximum Gasteiger partial charge on any atom is 0.201 e. The van der Waals surface area contributed by atoms with Crippen LogP contribution in [0.3, 0.4) is 0 Å². The maximum atomic E-state index is 13.9. The molecule has 0 bridgehead atoms. The van der Waals surface area contributed by atoms with E-state index in [1.807, 2.05) is 40.9 Å². The molecule has 1 aromatic carbocycles. The van der Waals surface area contributed by atoms with Gasteiger partial charge in [-0.2, -0.15) is 0 Å². The summed E-state index contributed by atoms with van der Waals surface area (Å²) in [5.41, 5.74) is 3.25. The van der Waals surface area contributed by atoms with Gasteiger partial charge >= 0.3 is 0 Å². The average molecular weight is 522 g/mol. The van der Waals surface area contributed by atoms with Gasteiger partial charge in [-0.15, -0.1) is 5.10 Å². The summed E-state index contributed by atoms with van der Waals surface area (Å²) < 4.78 is 40.0. The van der Waals surface area contributed by atoms with E-state index in [4.69, 9.17) is 10.1 Å². The molecule has 2 fully saturated rings. The smallest absolute Gasteiger partial charge is 0.201 e. The fourth-order valence-electron chi connectivity index (χ4n) is 5.45. The van der Waals surface area contributed by atoms with Gasteiger partial charge in [0, 0.05) is 26.2 Å². The Morgan fingerprint density at radius 2 is 1.92 bits per heavy atom. The second kappa shape index (κ2) is 10.1. The number of nitrogens with zero attached hydrogens (tertiary/aromatic N) is 6. The van der Waals surface area contributed by atoms with Crippen molar-refractivity contribution in [2.45, 2.75) is 25.3 Å². The number of fused-ring (bicyclic) bond motifs is 1. The van der Waals surface area contributed by atoms with Crippen LogP contribution in [0.1, 0.15) is 30.9 Å². The Morgan fingerprint density at radius 1 is 1.03 bits per heavy atom. The van der Waals surface area contributed by atoms with E-state index in [0.29, 0.717) is 6.54 Å². The number of anilines is 2. The van der Waals surface area contributed by atoms with Gasteiger partial charge in [0.05, 0.1) is 17.9 Å². The maximum absolute atomic E-state index is 13.9. The van der Waals surface area contributed by atoms with Gasteiger partial charge in [0.2, 0.25) is 10.9 Å². The minimum atomic E-state index is -2.58. The van der Waals surface area contributed by atoms with Gasteiger partial charge in [-0.25, -0.2) is 32.0 Å². The molecule has 0 saturated carbocycles. The van der Waals surface area contributed by atoms with Crippen molar-refractivity contribution >= 4 is 28.2 Å². The predicted molar refractivity (Wildman–Crippen MR) is 141 cm³/mol. The summed E-state index contributed by atoms with van der Waals surface area (Å²) >= 11 is 0. The molecule has 11 heteroatoms. The molecule has 2 saturated heterocycles. The van der Waals surface area contributed by atoms with E-state index < -0.39 is 10.9 Å². The highest BCUT2D eigenvalue weighted by Crippen LogP contribution is 2.36. The number of halogens is 1. The third-order valence-electron chi connectivity index (χ3n) is 7.24. The largest absolute Gasteiger partial charge is 0.356 e. The zero-order valence-corrected chi connectivity index (χ0v) is 21.1. The van der Waals surface area contributed by atoms with E-state index in [9.17, 15) is 12.8 Å². The minimum Gasteiger partial charge on any atom is -0.356 e. The third-order valence-corrected chi connectivity index (χ3v) is 7.69. The van der Waals surface area contributed by atoms with Crippen molar-refractivity contribution < 1.29 is 12.8 Å². The van der Waals surface area contributed by atoms with Crippen LogP contribution in [-0.4, -0.2) is 54.2 Å². The van der Waals surface area contributed by atoms with Crippen LogP contribution in [-0.2, 0) is 10.9 Å². The molecule has 5 heterocycles. The van der Waals surface area contributed by atoms with Crippen molar-refractivity contribution in [3.63, 3.8) is 0 Å². The topological polar surface area (TPSA) is 95.7 Å². The lowest BCUT2D eigenvalue weighted by molar-refractivity contribution is 0.553. The molecule has 9 nitrogen and oxygen atoms in total. The number of nitrogens with one attached hydrogen (secondary N) is 1. The number of hydrogen-bond acceptors (Lipinski definition) is 7. The Morgan fingerprint density at radius 3 is 2.78 bits per heavy atom. The van der Waals surface area contributed by atoms with Gasteiger partial charge in [0.15, 0.2) is 5.65 Å². The van der Waals surface area contributed by atoms with Crippen molar-refractivity contribution in [2.75, 3.05) is 36.0 Å². The molecular weight excluding hydrogens is 493 g/mol. The SMILES string of the molecule is O=[SH](=O)NC[C@@H]1CCN(c2cccc(-c3cnc4ccc(N5CCCC5c5cccc(F)c5)nn34)n2)C1. The molecule has 0 amide bonds. The summed E-state index contributed by atoms with van der Waals surface area (Å²) in [6, 6.07) is 16.7. The van der Waals surface area contributed by atoms with E-state index in [2.05, 4.69) is 19.5 Å². The van der Waals surface area contributed by atoms with Crippen LogP contribution in [0.25, 0.3) is 17.0 Å². The highest BCUT2D eigenvalue weighted by Gasteiger charge is 2.28. The first-order valence-electron chi connectivity index (χ1n) is 12.5. The van der Waals surface area contributed by atoms with Gasteiger partial charge < -0.3 is 9.80 Å². The molecule has 0 spiro atoms. The minimum absolute atomic E-state index is 0.0754. The number of hydrogen-bond donors (Lipinski definition) is 2. The molecule has 0 aliphatic carbocycles. The van der Waals surface area contributed by atoms with Crippen molar-refractivity contribution in [3.8, 4) is 11.4 Å². The summed E-state index contributed by atoms with van der Waals surface area (Å²) in [7, 11) is -2.58. The number of aromatic nitrogens is 4. The van der Waals surface area contributed by atoms with Crippen LogP contribution in [0.4, 0.5) is 16.0 Å². The molecule has 192 valence electrons. The van der Waals surface area contributed by atoms with Crippen molar-refractivity contribution in [1.82, 2.24) is 24.3 Å². The normalized spacial score (nSPS) is 19.9. The molecule has 0 radical (unpaired) electrons. The first kappa shape index (κ1) is 23.8. The first-order valence-corrected chi connectivity index (χ1v) is 13.7. The highest BCUT2D eigenvalue weighted by atomic mass is 32.2. The van der Waals surface area contributed by atoms with E-state index >= 15 is 0 Å². The monoisotopic (exact) mass is 521 g/mol. The van der Waals surface area contributed by atoms with Crippen molar-refractivity contribution in [1.29, 1.82) is 0 Å². The van der Waals surface area contributed by atoms with Gasteiger partial charge in [0.25, 0.3) is 0 Å². The summed E-state index contributed by atoms with van der Waals surface area (Å²) in [5.74, 6) is 1.70. The molecule has 4 aromatic rings. The number of thiol groups is 1. The average Bonchev–Trinajstić information content (AvgIpc) is 3.67. The quantitative estimate of drug-likeness (QED) is 0.361. The summed E-state index contributed by atoms with van der Waals surface area (Å²) in [6.45, 7) is 2.87. The summed E-state index contributed by atoms with van der Waals surface area (Å²) in [6.07, 6.45) is 4.65. The van der Waals surface area contributed by atoms with E-state index in [1.54, 1.807) is 18.3 Å². The lowest BCUT2D eigenvalue weighted by Gasteiger charge is -2.26. The predicted octanol–water partition coefficient (Wildman–Crippen LogP) is 3.21. The fourth-order valence-corrected chi connectivity index (χ4v) is 5.85. The zero-order chi connectivity index (χ0) is 25.4. The molecule has 1 unspecified atom stereocenters. The van der Waals surface area contributed by atoms with E-state index in [1.165, 1.54) is 6.07 Å². The summed E-state index contributed by atoms with van der Waals surface area (Å²) in [5, 5.41) is 4.94. The second-order valence-electron chi connectivity index (χ2n) is 9.61. The fraction of sp³-hybridized carbons (Fsp3) is 0.346. The highest BCUT2D eigenvalue weighted by molar-refractivity contribution is 7.70. The van der Waals surface area contributed by atoms with E-state index in [0.717, 1.165) is 73.1 Å². The number of imidazole rings is 1. The molecule has 37 heavy (non-hydrogen) atoms. The molecule has 2 atom stereocenters. The lowest BCUT2D eigenvalue weighted by Crippen LogP contribution is -2.26. The Kier molecular flexibility index (Phi) is 6.47. The van der Waals surface area contributed by atoms with Gasteiger partial charge in [-0.05, 0) is 67.1 Å². The Hall–Kier alpha value is -3.57. The molecule has 2 aliphatic heterocycles. The molecule has 6 rings (SSSR count). The number of rotatable bonds is 7. The standard InChI is InChI=1S/C26H28FN7O2S/c27-20-5-1-4-19(14-20)22-7-3-12-33(22)26-10-9-24-28-16-23(34(24)31-26)21-6-2-8-25(30-21)32-13-11-18(17-32)15-29-37(35)36/h1-2,4-6,8-10,14,16,18,22,37H,3,7,11-13,15,17H2,(H,29,35,36)/t18-,22?/m0/s1. The zero-order valence-electron chi connectivity index (χ0n) is 20.2. The third kappa shape index (κ3) is 4.88. The second-order valence-corrected chi connectivity index (χ2v) is 10.4. The van der Waals surface area contributed by atoms with Crippen molar-refractivity contribution in [2.24, 2.45) is 5.92 Å². The Bertz CT molecular complexity index is 1500. The van der Waals surface area contributed by atoms with Gasteiger partial charge in [0.1, 0.15) is 23.1 Å². The van der Waals surface area contributed by atoms with Crippen LogP contribution in [0.5, 0.6) is 0 Å². The van der Waals surface area contributed by atoms with Crippen LogP contribution in [0, 0.1) is 11.7 Å². The van der Waals surface area contributed by atoms with Crippen molar-refractivity contribution in [3.05, 3.63) is 72.2 Å². The molecule has 3 aromatic heterocycles. The van der Waals surface area contributed by atoms with Gasteiger partial charge in [-0.1, -0.05) is 18.2 Å². The van der Waals surface area contributed by atoms with Crippen LogP contribution in [0.15, 0.2) is 60.8 Å². The van der Waals surface area contributed by atoms with Crippen LogP contribution < -0.4 is 14.5 Å². The van der Waals surface area contributed by atoms with Crippen LogP contribution >= 0.6 is 0 Å². The van der Waals surface area contributed by atoms with E-state index in [-0.39, 0.29) is 17.8 Å². The molecule has 1 N–H and O–H groups in total. The van der Waals surface area contributed by atoms with Crippen LogP contribution in [0.2, 0.25) is 0 Å². The first-order chi connectivity index (χ1) is 18.0.